The summed E-state index contributed by atoms with van der Waals surface area (Å²) in [6.07, 6.45) is 1.48. The highest BCUT2D eigenvalue weighted by atomic mass is 32.2. The van der Waals surface area contributed by atoms with Crippen LogP contribution in [-0.2, 0) is 10.0 Å². The average Bonchev–Trinajstić information content (AvgIpc) is 2.84. The predicted molar refractivity (Wildman–Crippen MR) is 128 cm³/mol. The van der Waals surface area contributed by atoms with Gasteiger partial charge in [-0.3, -0.25) is 4.72 Å². The number of benzene rings is 3. The molecule has 1 atom stereocenters. The number of hydrogen-bond donors (Lipinski definition) is 3. The number of nitrogens with zero attached hydrogens (tertiary/aromatic N) is 1. The van der Waals surface area contributed by atoms with Crippen molar-refractivity contribution in [3.63, 3.8) is 0 Å². The SMILES string of the molecule is O=S(=O)(Nc1ccc(N2CCC(NC[C@H](O)c3ccccc3)CC2)cc1)c1ccccc1. The summed E-state index contributed by atoms with van der Waals surface area (Å²) in [5, 5.41) is 13.8. The molecular formula is C25H29N3O3S. The molecule has 3 aromatic carbocycles. The van der Waals surface area contributed by atoms with Gasteiger partial charge in [0.2, 0.25) is 0 Å². The molecule has 1 aliphatic rings. The highest BCUT2D eigenvalue weighted by Gasteiger charge is 2.20. The van der Waals surface area contributed by atoms with Gasteiger partial charge in [-0.1, -0.05) is 48.5 Å². The van der Waals surface area contributed by atoms with Gasteiger partial charge in [0.25, 0.3) is 10.0 Å². The molecule has 1 aliphatic heterocycles. The molecule has 0 saturated carbocycles. The second kappa shape index (κ2) is 10.2. The Hall–Kier alpha value is -2.87. The number of aliphatic hydroxyl groups excluding tert-OH is 1. The van der Waals surface area contributed by atoms with Gasteiger partial charge in [-0.05, 0) is 54.8 Å². The van der Waals surface area contributed by atoms with Crippen LogP contribution in [-0.4, -0.2) is 39.2 Å². The van der Waals surface area contributed by atoms with Crippen LogP contribution in [0.5, 0.6) is 0 Å². The van der Waals surface area contributed by atoms with Crippen molar-refractivity contribution < 1.29 is 13.5 Å². The zero-order valence-electron chi connectivity index (χ0n) is 17.9. The summed E-state index contributed by atoms with van der Waals surface area (Å²) in [6.45, 7) is 2.37. The number of piperidine rings is 1. The fourth-order valence-electron chi connectivity index (χ4n) is 3.97. The lowest BCUT2D eigenvalue weighted by atomic mass is 10.0. The van der Waals surface area contributed by atoms with Gasteiger partial charge in [0.15, 0.2) is 0 Å². The van der Waals surface area contributed by atoms with Gasteiger partial charge in [0.1, 0.15) is 0 Å². The third kappa shape index (κ3) is 5.68. The Balaban J connectivity index is 1.27. The van der Waals surface area contributed by atoms with E-state index in [9.17, 15) is 13.5 Å². The molecule has 0 radical (unpaired) electrons. The van der Waals surface area contributed by atoms with Gasteiger partial charge >= 0.3 is 0 Å². The van der Waals surface area contributed by atoms with E-state index in [1.807, 2.05) is 42.5 Å². The van der Waals surface area contributed by atoms with Crippen LogP contribution >= 0.6 is 0 Å². The Morgan fingerprint density at radius 2 is 1.47 bits per heavy atom. The van der Waals surface area contributed by atoms with E-state index in [-0.39, 0.29) is 4.90 Å². The van der Waals surface area contributed by atoms with Crippen molar-refractivity contribution in [2.24, 2.45) is 0 Å². The summed E-state index contributed by atoms with van der Waals surface area (Å²) >= 11 is 0. The maximum Gasteiger partial charge on any atom is 0.261 e. The van der Waals surface area contributed by atoms with Crippen LogP contribution in [0.4, 0.5) is 11.4 Å². The van der Waals surface area contributed by atoms with E-state index < -0.39 is 16.1 Å². The van der Waals surface area contributed by atoms with Crippen LogP contribution < -0.4 is 14.9 Å². The molecule has 0 amide bonds. The molecule has 0 bridgehead atoms. The molecule has 1 heterocycles. The van der Waals surface area contributed by atoms with Gasteiger partial charge < -0.3 is 15.3 Å². The van der Waals surface area contributed by atoms with Crippen molar-refractivity contribution in [1.29, 1.82) is 0 Å². The van der Waals surface area contributed by atoms with E-state index in [0.717, 1.165) is 37.2 Å². The molecule has 3 aromatic rings. The molecule has 0 spiro atoms. The number of hydrogen-bond acceptors (Lipinski definition) is 5. The van der Waals surface area contributed by atoms with Crippen LogP contribution in [0.3, 0.4) is 0 Å². The maximum atomic E-state index is 12.5. The fraction of sp³-hybridized carbons (Fsp3) is 0.280. The number of sulfonamides is 1. The first-order chi connectivity index (χ1) is 15.5. The summed E-state index contributed by atoms with van der Waals surface area (Å²) < 4.78 is 27.6. The van der Waals surface area contributed by atoms with E-state index in [1.165, 1.54) is 0 Å². The molecule has 1 fully saturated rings. The van der Waals surface area contributed by atoms with E-state index in [0.29, 0.717) is 18.3 Å². The Kier molecular flexibility index (Phi) is 7.09. The third-order valence-electron chi connectivity index (χ3n) is 5.82. The molecule has 6 nitrogen and oxygen atoms in total. The maximum absolute atomic E-state index is 12.5. The Morgan fingerprint density at radius 3 is 2.09 bits per heavy atom. The first-order valence-electron chi connectivity index (χ1n) is 10.9. The van der Waals surface area contributed by atoms with Crippen molar-refractivity contribution in [3.8, 4) is 0 Å². The number of rotatable bonds is 8. The summed E-state index contributed by atoms with van der Waals surface area (Å²) in [5.74, 6) is 0. The molecule has 32 heavy (non-hydrogen) atoms. The minimum atomic E-state index is -3.58. The zero-order valence-corrected chi connectivity index (χ0v) is 18.7. The Labute approximate surface area is 190 Å². The quantitative estimate of drug-likeness (QED) is 0.486. The van der Waals surface area contributed by atoms with E-state index in [1.54, 1.807) is 42.5 Å². The standard InChI is InChI=1S/C25H29N3O3S/c29-25(20-7-3-1-4-8-20)19-26-21-15-17-28(18-16-21)23-13-11-22(12-14-23)27-32(30,31)24-9-5-2-6-10-24/h1-14,21,25-27,29H,15-19H2/t25-/m0/s1. The van der Waals surface area contributed by atoms with Crippen LogP contribution in [0.1, 0.15) is 24.5 Å². The van der Waals surface area contributed by atoms with E-state index in [4.69, 9.17) is 0 Å². The van der Waals surface area contributed by atoms with Gasteiger partial charge in [-0.15, -0.1) is 0 Å². The average molecular weight is 452 g/mol. The monoisotopic (exact) mass is 451 g/mol. The minimum absolute atomic E-state index is 0.246. The first-order valence-corrected chi connectivity index (χ1v) is 12.4. The van der Waals surface area contributed by atoms with Crippen molar-refractivity contribution in [1.82, 2.24) is 5.32 Å². The second-order valence-corrected chi connectivity index (χ2v) is 9.74. The van der Waals surface area contributed by atoms with Gasteiger partial charge in [-0.2, -0.15) is 0 Å². The first kappa shape index (κ1) is 22.3. The molecule has 3 N–H and O–H groups in total. The van der Waals surface area contributed by atoms with Crippen LogP contribution in [0, 0.1) is 0 Å². The lowest BCUT2D eigenvalue weighted by Gasteiger charge is -2.34. The topological polar surface area (TPSA) is 81.7 Å². The molecule has 168 valence electrons. The van der Waals surface area contributed by atoms with Crippen molar-refractivity contribution >= 4 is 21.4 Å². The van der Waals surface area contributed by atoms with Crippen LogP contribution in [0.2, 0.25) is 0 Å². The lowest BCUT2D eigenvalue weighted by Crippen LogP contribution is -2.43. The van der Waals surface area contributed by atoms with Gasteiger partial charge in [0, 0.05) is 37.1 Å². The lowest BCUT2D eigenvalue weighted by molar-refractivity contribution is 0.167. The molecule has 1 saturated heterocycles. The van der Waals surface area contributed by atoms with E-state index >= 15 is 0 Å². The fourth-order valence-corrected chi connectivity index (χ4v) is 5.05. The molecular weight excluding hydrogens is 422 g/mol. The summed E-state index contributed by atoms with van der Waals surface area (Å²) in [4.78, 5) is 2.55. The van der Waals surface area contributed by atoms with Crippen molar-refractivity contribution in [2.45, 2.75) is 29.9 Å². The third-order valence-corrected chi connectivity index (χ3v) is 7.21. The van der Waals surface area contributed by atoms with Gasteiger partial charge in [-0.25, -0.2) is 8.42 Å². The van der Waals surface area contributed by atoms with Crippen LogP contribution in [0.25, 0.3) is 0 Å². The highest BCUT2D eigenvalue weighted by molar-refractivity contribution is 7.92. The smallest absolute Gasteiger partial charge is 0.261 e. The van der Waals surface area contributed by atoms with E-state index in [2.05, 4.69) is 14.9 Å². The van der Waals surface area contributed by atoms with Crippen LogP contribution in [0.15, 0.2) is 89.8 Å². The summed E-state index contributed by atoms with van der Waals surface area (Å²) in [7, 11) is -3.58. The predicted octanol–water partition coefficient (Wildman–Crippen LogP) is 3.78. The molecule has 0 aromatic heterocycles. The highest BCUT2D eigenvalue weighted by Crippen LogP contribution is 2.24. The second-order valence-electron chi connectivity index (χ2n) is 8.06. The summed E-state index contributed by atoms with van der Waals surface area (Å²) in [6, 6.07) is 26.0. The Morgan fingerprint density at radius 1 is 0.875 bits per heavy atom. The van der Waals surface area contributed by atoms with Crippen molar-refractivity contribution in [3.05, 3.63) is 90.5 Å². The number of nitrogens with one attached hydrogen (secondary N) is 2. The van der Waals surface area contributed by atoms with Crippen molar-refractivity contribution in [2.75, 3.05) is 29.3 Å². The molecule has 0 aliphatic carbocycles. The minimum Gasteiger partial charge on any atom is -0.387 e. The number of anilines is 2. The Bertz CT molecular complexity index is 1080. The zero-order chi connectivity index (χ0) is 22.4. The largest absolute Gasteiger partial charge is 0.387 e. The molecule has 0 unspecified atom stereocenters. The van der Waals surface area contributed by atoms with Gasteiger partial charge in [0.05, 0.1) is 11.0 Å². The summed E-state index contributed by atoms with van der Waals surface area (Å²) in [5.41, 5.74) is 2.56. The molecule has 4 rings (SSSR count). The molecule has 7 heteroatoms. The number of aliphatic hydroxyl groups is 1. The normalized spacial score (nSPS) is 16.0.